The standard InChI is InChI=1S/C15H23NO2/c1-6-7-12(2)13-8-10-16(11-9-13)14(17)18-15(3,4)5/h1,7,13H,8-11H2,2-5H3. The van der Waals surface area contributed by atoms with Gasteiger partial charge in [0.05, 0.1) is 0 Å². The van der Waals surface area contributed by atoms with Gasteiger partial charge in [0.25, 0.3) is 0 Å². The number of ether oxygens (including phenoxy) is 1. The zero-order valence-corrected chi connectivity index (χ0v) is 11.8. The number of amides is 1. The summed E-state index contributed by atoms with van der Waals surface area (Å²) in [5.74, 6) is 3.06. The van der Waals surface area contributed by atoms with E-state index in [1.54, 1.807) is 4.90 Å². The normalized spacial score (nSPS) is 18.4. The van der Waals surface area contributed by atoms with Gasteiger partial charge in [-0.1, -0.05) is 11.5 Å². The van der Waals surface area contributed by atoms with Crippen LogP contribution in [-0.4, -0.2) is 29.7 Å². The Morgan fingerprint density at radius 1 is 1.39 bits per heavy atom. The minimum atomic E-state index is -0.423. The molecule has 18 heavy (non-hydrogen) atoms. The third-order valence-corrected chi connectivity index (χ3v) is 3.10. The number of terminal acetylenes is 1. The lowest BCUT2D eigenvalue weighted by molar-refractivity contribution is 0.0194. The summed E-state index contributed by atoms with van der Waals surface area (Å²) in [7, 11) is 0. The largest absolute Gasteiger partial charge is 0.444 e. The molecule has 0 bridgehead atoms. The number of rotatable bonds is 1. The summed E-state index contributed by atoms with van der Waals surface area (Å²) in [5.41, 5.74) is 0.814. The molecule has 0 N–H and O–H groups in total. The van der Waals surface area contributed by atoms with Crippen LogP contribution in [0.25, 0.3) is 0 Å². The van der Waals surface area contributed by atoms with Gasteiger partial charge in [0.1, 0.15) is 5.60 Å². The van der Waals surface area contributed by atoms with Gasteiger partial charge in [0.2, 0.25) is 0 Å². The third-order valence-electron chi connectivity index (χ3n) is 3.10. The first-order valence-corrected chi connectivity index (χ1v) is 6.44. The van der Waals surface area contributed by atoms with Crippen molar-refractivity contribution >= 4 is 6.09 Å². The van der Waals surface area contributed by atoms with Crippen molar-refractivity contribution in [2.45, 2.75) is 46.1 Å². The number of carbonyl (C=O) groups excluding carboxylic acids is 1. The van der Waals surface area contributed by atoms with E-state index in [0.29, 0.717) is 5.92 Å². The number of hydrogen-bond acceptors (Lipinski definition) is 2. The molecule has 1 aliphatic heterocycles. The molecule has 1 heterocycles. The molecule has 1 aliphatic rings. The predicted molar refractivity (Wildman–Crippen MR) is 73.1 cm³/mol. The van der Waals surface area contributed by atoms with E-state index in [1.807, 2.05) is 26.8 Å². The molecule has 0 atom stereocenters. The second-order valence-electron chi connectivity index (χ2n) is 5.80. The molecule has 0 unspecified atom stereocenters. The molecule has 0 aromatic carbocycles. The number of hydrogen-bond donors (Lipinski definition) is 0. The highest BCUT2D eigenvalue weighted by molar-refractivity contribution is 5.68. The molecule has 100 valence electrons. The number of nitrogens with zero attached hydrogens (tertiary/aromatic N) is 1. The molecular formula is C15H23NO2. The van der Waals surface area contributed by atoms with Crippen molar-refractivity contribution in [3.63, 3.8) is 0 Å². The Balaban J connectivity index is 2.47. The fourth-order valence-corrected chi connectivity index (χ4v) is 2.09. The van der Waals surface area contributed by atoms with E-state index in [0.717, 1.165) is 25.9 Å². The van der Waals surface area contributed by atoms with Crippen LogP contribution in [0.4, 0.5) is 4.79 Å². The molecule has 0 radical (unpaired) electrons. The lowest BCUT2D eigenvalue weighted by Gasteiger charge is -2.33. The topological polar surface area (TPSA) is 29.5 Å². The fraction of sp³-hybridized carbons (Fsp3) is 0.667. The van der Waals surface area contributed by atoms with Gasteiger partial charge in [-0.3, -0.25) is 0 Å². The van der Waals surface area contributed by atoms with Crippen LogP contribution in [0, 0.1) is 18.3 Å². The van der Waals surface area contributed by atoms with Gasteiger partial charge < -0.3 is 9.64 Å². The van der Waals surface area contributed by atoms with Crippen LogP contribution in [0.1, 0.15) is 40.5 Å². The molecule has 1 rings (SSSR count). The highest BCUT2D eigenvalue weighted by Crippen LogP contribution is 2.25. The molecule has 3 nitrogen and oxygen atoms in total. The van der Waals surface area contributed by atoms with E-state index in [2.05, 4.69) is 12.8 Å². The fourth-order valence-electron chi connectivity index (χ4n) is 2.09. The quantitative estimate of drug-likeness (QED) is 0.668. The molecule has 0 spiro atoms. The summed E-state index contributed by atoms with van der Waals surface area (Å²) in [6.07, 6.45) is 8.81. The van der Waals surface area contributed by atoms with Gasteiger partial charge in [-0.2, -0.15) is 0 Å². The highest BCUT2D eigenvalue weighted by Gasteiger charge is 2.27. The second-order valence-corrected chi connectivity index (χ2v) is 5.80. The van der Waals surface area contributed by atoms with Crippen molar-refractivity contribution in [3.8, 4) is 12.3 Å². The Hall–Kier alpha value is -1.43. The maximum atomic E-state index is 11.9. The van der Waals surface area contributed by atoms with Crippen molar-refractivity contribution in [3.05, 3.63) is 11.6 Å². The van der Waals surface area contributed by atoms with Crippen molar-refractivity contribution < 1.29 is 9.53 Å². The molecule has 0 aliphatic carbocycles. The number of piperidine rings is 1. The number of allylic oxidation sites excluding steroid dienone is 2. The SMILES string of the molecule is C#CC=C(C)C1CCN(C(=O)OC(C)(C)C)CC1. The molecule has 3 heteroatoms. The summed E-state index contributed by atoms with van der Waals surface area (Å²) >= 11 is 0. The summed E-state index contributed by atoms with van der Waals surface area (Å²) in [5, 5.41) is 0. The van der Waals surface area contributed by atoms with E-state index >= 15 is 0 Å². The van der Waals surface area contributed by atoms with Crippen LogP contribution in [-0.2, 0) is 4.74 Å². The van der Waals surface area contributed by atoms with Crippen LogP contribution in [0.5, 0.6) is 0 Å². The first-order chi connectivity index (χ1) is 8.33. The highest BCUT2D eigenvalue weighted by atomic mass is 16.6. The minimum absolute atomic E-state index is 0.209. The Labute approximate surface area is 110 Å². The van der Waals surface area contributed by atoms with Crippen molar-refractivity contribution in [1.82, 2.24) is 4.90 Å². The lowest BCUT2D eigenvalue weighted by Crippen LogP contribution is -2.41. The smallest absolute Gasteiger partial charge is 0.410 e. The predicted octanol–water partition coefficient (Wildman–Crippen LogP) is 3.21. The zero-order chi connectivity index (χ0) is 13.8. The Morgan fingerprint density at radius 2 is 1.94 bits per heavy atom. The first kappa shape index (κ1) is 14.6. The van der Waals surface area contributed by atoms with Crippen molar-refractivity contribution in [2.24, 2.45) is 5.92 Å². The monoisotopic (exact) mass is 249 g/mol. The van der Waals surface area contributed by atoms with Crippen LogP contribution in [0.15, 0.2) is 11.6 Å². The van der Waals surface area contributed by atoms with Crippen molar-refractivity contribution in [2.75, 3.05) is 13.1 Å². The Bertz CT molecular complexity index is 363. The average Bonchev–Trinajstić information content (AvgIpc) is 2.27. The van der Waals surface area contributed by atoms with Gasteiger partial charge in [-0.15, -0.1) is 6.42 Å². The maximum absolute atomic E-state index is 11.9. The van der Waals surface area contributed by atoms with E-state index in [1.165, 1.54) is 5.57 Å². The molecule has 1 fully saturated rings. The third kappa shape index (κ3) is 4.44. The first-order valence-electron chi connectivity index (χ1n) is 6.44. The molecule has 1 amide bonds. The van der Waals surface area contributed by atoms with Gasteiger partial charge in [-0.25, -0.2) is 4.79 Å². The van der Waals surface area contributed by atoms with Crippen LogP contribution >= 0.6 is 0 Å². The number of carbonyl (C=O) groups is 1. The van der Waals surface area contributed by atoms with Gasteiger partial charge in [0.15, 0.2) is 0 Å². The summed E-state index contributed by atoms with van der Waals surface area (Å²) in [6.45, 7) is 9.21. The average molecular weight is 249 g/mol. The summed E-state index contributed by atoms with van der Waals surface area (Å²) in [4.78, 5) is 13.7. The zero-order valence-electron chi connectivity index (χ0n) is 11.8. The van der Waals surface area contributed by atoms with Gasteiger partial charge in [0, 0.05) is 13.1 Å². The lowest BCUT2D eigenvalue weighted by atomic mass is 9.90. The van der Waals surface area contributed by atoms with Gasteiger partial charge in [-0.05, 0) is 52.5 Å². The van der Waals surface area contributed by atoms with Crippen molar-refractivity contribution in [1.29, 1.82) is 0 Å². The van der Waals surface area contributed by atoms with E-state index < -0.39 is 5.60 Å². The van der Waals surface area contributed by atoms with Gasteiger partial charge >= 0.3 is 6.09 Å². The minimum Gasteiger partial charge on any atom is -0.444 e. The molecule has 0 aromatic rings. The summed E-state index contributed by atoms with van der Waals surface area (Å²) < 4.78 is 5.36. The van der Waals surface area contributed by atoms with Crippen LogP contribution in [0.3, 0.4) is 0 Å². The Morgan fingerprint density at radius 3 is 2.39 bits per heavy atom. The van der Waals surface area contributed by atoms with E-state index in [-0.39, 0.29) is 6.09 Å². The van der Waals surface area contributed by atoms with Crippen LogP contribution in [0.2, 0.25) is 0 Å². The van der Waals surface area contributed by atoms with E-state index in [9.17, 15) is 4.79 Å². The summed E-state index contributed by atoms with van der Waals surface area (Å²) in [6, 6.07) is 0. The Kier molecular flexibility index (Phi) is 4.84. The van der Waals surface area contributed by atoms with Crippen LogP contribution < -0.4 is 0 Å². The molecular weight excluding hydrogens is 226 g/mol. The molecule has 1 saturated heterocycles. The second kappa shape index (κ2) is 5.95. The van der Waals surface area contributed by atoms with E-state index in [4.69, 9.17) is 11.2 Å². The molecule has 0 aromatic heterocycles. The maximum Gasteiger partial charge on any atom is 0.410 e. The number of likely N-dealkylation sites (tertiary alicyclic amines) is 1. The molecule has 0 saturated carbocycles.